The summed E-state index contributed by atoms with van der Waals surface area (Å²) >= 11 is 0. The van der Waals surface area contributed by atoms with Gasteiger partial charge in [-0.05, 0) is 30.3 Å². The molecule has 4 N–H and O–H groups in total. The summed E-state index contributed by atoms with van der Waals surface area (Å²) in [6, 6.07) is 13.1. The molecule has 0 aliphatic heterocycles. The van der Waals surface area contributed by atoms with Crippen LogP contribution in [0.3, 0.4) is 0 Å². The van der Waals surface area contributed by atoms with E-state index in [9.17, 15) is 18.0 Å². The lowest BCUT2D eigenvalue weighted by Gasteiger charge is -2.12. The number of benzene rings is 2. The highest BCUT2D eigenvalue weighted by Crippen LogP contribution is 2.32. The molecule has 2 heterocycles. The zero-order valence-electron chi connectivity index (χ0n) is 19.2. The Balaban J connectivity index is 1.51. The van der Waals surface area contributed by atoms with Gasteiger partial charge >= 0.3 is 6.18 Å². The first kappa shape index (κ1) is 24.4. The van der Waals surface area contributed by atoms with Gasteiger partial charge in [0.15, 0.2) is 5.82 Å². The first-order chi connectivity index (χ1) is 17.1. The third-order valence-electron chi connectivity index (χ3n) is 5.04. The smallest absolute Gasteiger partial charge is 0.405 e. The largest absolute Gasteiger partial charge is 0.495 e. The molecule has 2 aromatic heterocycles. The number of nitrogens with zero attached hydrogens (tertiary/aromatic N) is 5. The summed E-state index contributed by atoms with van der Waals surface area (Å²) in [5.74, 6) is 0.637. The summed E-state index contributed by atoms with van der Waals surface area (Å²) in [6.07, 6.45) is -2.91. The van der Waals surface area contributed by atoms with Crippen LogP contribution in [0.5, 0.6) is 5.75 Å². The highest BCUT2D eigenvalue weighted by atomic mass is 19.4. The van der Waals surface area contributed by atoms with Crippen molar-refractivity contribution in [3.63, 3.8) is 0 Å². The predicted octanol–water partition coefficient (Wildman–Crippen LogP) is 3.57. The second-order valence-electron chi connectivity index (χ2n) is 7.60. The van der Waals surface area contributed by atoms with E-state index in [4.69, 9.17) is 10.5 Å². The normalized spacial score (nSPS) is 11.2. The fraction of sp³-hybridized carbons (Fsp3) is 0.174. The monoisotopic (exact) mass is 498 g/mol. The van der Waals surface area contributed by atoms with Gasteiger partial charge in [-0.3, -0.25) is 4.79 Å². The van der Waals surface area contributed by atoms with Gasteiger partial charge in [-0.15, -0.1) is 5.10 Å². The highest BCUT2D eigenvalue weighted by molar-refractivity contribution is 5.94. The molecular weight excluding hydrogens is 477 g/mol. The van der Waals surface area contributed by atoms with Crippen LogP contribution in [0, 0.1) is 0 Å². The molecule has 1 amide bonds. The number of hydrogen-bond donors (Lipinski definition) is 3. The molecule has 0 unspecified atom stereocenters. The molecule has 4 rings (SSSR count). The lowest BCUT2D eigenvalue weighted by Crippen LogP contribution is -2.33. The minimum absolute atomic E-state index is 0.0903. The number of hydrogen-bond acceptors (Lipinski definition) is 8. The summed E-state index contributed by atoms with van der Waals surface area (Å²) in [5.41, 5.74) is 8.39. The van der Waals surface area contributed by atoms with E-state index < -0.39 is 18.6 Å². The van der Waals surface area contributed by atoms with E-state index in [2.05, 4.69) is 25.4 Å². The zero-order valence-corrected chi connectivity index (χ0v) is 19.2. The number of anilines is 3. The van der Waals surface area contributed by atoms with Gasteiger partial charge in [-0.2, -0.15) is 18.2 Å². The molecule has 0 fully saturated rings. The number of amides is 1. The van der Waals surface area contributed by atoms with Crippen LogP contribution in [-0.4, -0.2) is 50.5 Å². The molecule has 0 saturated heterocycles. The maximum Gasteiger partial charge on any atom is 0.405 e. The summed E-state index contributed by atoms with van der Waals surface area (Å²) < 4.78 is 44.0. The minimum Gasteiger partial charge on any atom is -0.495 e. The minimum atomic E-state index is -4.48. The lowest BCUT2D eigenvalue weighted by atomic mass is 10.1. The van der Waals surface area contributed by atoms with Crippen LogP contribution >= 0.6 is 0 Å². The lowest BCUT2D eigenvalue weighted by molar-refractivity contribution is -0.123. The fourth-order valence-corrected chi connectivity index (χ4v) is 3.28. The third kappa shape index (κ3) is 5.68. The van der Waals surface area contributed by atoms with Crippen molar-refractivity contribution < 1.29 is 22.7 Å². The summed E-state index contributed by atoms with van der Waals surface area (Å²) in [6.45, 7) is -1.40. The molecule has 0 saturated carbocycles. The van der Waals surface area contributed by atoms with E-state index >= 15 is 0 Å². The van der Waals surface area contributed by atoms with Crippen molar-refractivity contribution in [1.29, 1.82) is 0 Å². The van der Waals surface area contributed by atoms with E-state index in [1.54, 1.807) is 43.6 Å². The molecular formula is C23H21F3N8O2. The van der Waals surface area contributed by atoms with Gasteiger partial charge in [0.2, 0.25) is 11.9 Å². The molecule has 0 aliphatic rings. The Morgan fingerprint density at radius 3 is 2.47 bits per heavy atom. The van der Waals surface area contributed by atoms with Gasteiger partial charge in [0.05, 0.1) is 18.5 Å². The molecule has 0 atom stereocenters. The molecule has 36 heavy (non-hydrogen) atoms. The Morgan fingerprint density at radius 2 is 1.81 bits per heavy atom. The topological polar surface area (TPSA) is 133 Å². The Hall–Kier alpha value is -4.68. The predicted molar refractivity (Wildman–Crippen MR) is 127 cm³/mol. The molecule has 0 radical (unpaired) electrons. The van der Waals surface area contributed by atoms with Crippen molar-refractivity contribution in [2.45, 2.75) is 6.18 Å². The SMILES string of the molecule is COc1cc(-c2ccnc(N)n2)ccc1Nc1nc(-c2ccc(C(=O)NCC(F)(F)F)cc2)nn1C. The molecule has 13 heteroatoms. The van der Waals surface area contributed by atoms with Crippen LogP contribution in [0.4, 0.5) is 30.8 Å². The maximum absolute atomic E-state index is 12.3. The van der Waals surface area contributed by atoms with Crippen LogP contribution < -0.4 is 21.1 Å². The van der Waals surface area contributed by atoms with Crippen molar-refractivity contribution >= 4 is 23.5 Å². The van der Waals surface area contributed by atoms with Gasteiger partial charge in [0.1, 0.15) is 12.3 Å². The van der Waals surface area contributed by atoms with Crippen molar-refractivity contribution in [2.75, 3.05) is 24.7 Å². The van der Waals surface area contributed by atoms with Crippen molar-refractivity contribution in [3.05, 3.63) is 60.3 Å². The maximum atomic E-state index is 12.3. The van der Waals surface area contributed by atoms with E-state index in [-0.39, 0.29) is 11.5 Å². The van der Waals surface area contributed by atoms with E-state index in [0.717, 1.165) is 5.56 Å². The zero-order chi connectivity index (χ0) is 25.9. The van der Waals surface area contributed by atoms with Crippen LogP contribution in [0.2, 0.25) is 0 Å². The number of aryl methyl sites for hydroxylation is 1. The van der Waals surface area contributed by atoms with Crippen LogP contribution in [0.1, 0.15) is 10.4 Å². The summed E-state index contributed by atoms with van der Waals surface area (Å²) in [5, 5.41) is 9.37. The summed E-state index contributed by atoms with van der Waals surface area (Å²) in [7, 11) is 3.23. The van der Waals surface area contributed by atoms with E-state index in [0.29, 0.717) is 34.5 Å². The van der Waals surface area contributed by atoms with Crippen LogP contribution in [0.15, 0.2) is 54.7 Å². The Labute approximate surface area is 203 Å². The van der Waals surface area contributed by atoms with Gasteiger partial charge < -0.3 is 21.1 Å². The molecule has 4 aromatic rings. The molecule has 0 aliphatic carbocycles. The molecule has 186 valence electrons. The standard InChI is InChI=1S/C23H21F3N8O2/c1-34-22(31-17-8-7-15(11-18(17)36-2)16-9-10-28-21(27)30-16)32-19(33-34)13-3-5-14(6-4-13)20(35)29-12-23(24,25)26/h3-11H,12H2,1-2H3,(H,29,35)(H2,27,28,30)(H,31,32,33). The third-order valence-corrected chi connectivity index (χ3v) is 5.04. The van der Waals surface area contributed by atoms with Gasteiger partial charge in [0.25, 0.3) is 5.91 Å². The van der Waals surface area contributed by atoms with Crippen molar-refractivity contribution in [2.24, 2.45) is 7.05 Å². The second-order valence-corrected chi connectivity index (χ2v) is 7.60. The first-order valence-corrected chi connectivity index (χ1v) is 10.5. The number of carbonyl (C=O) groups excluding carboxylic acids is 1. The van der Waals surface area contributed by atoms with Crippen molar-refractivity contribution in [1.82, 2.24) is 30.0 Å². The number of aromatic nitrogens is 5. The first-order valence-electron chi connectivity index (χ1n) is 10.5. The number of nitrogens with one attached hydrogen (secondary N) is 2. The Bertz CT molecular complexity index is 1390. The van der Waals surface area contributed by atoms with Gasteiger partial charge in [-0.25, -0.2) is 14.6 Å². The second kappa shape index (κ2) is 9.90. The van der Waals surface area contributed by atoms with Crippen LogP contribution in [0.25, 0.3) is 22.6 Å². The quantitative estimate of drug-likeness (QED) is 0.352. The van der Waals surface area contributed by atoms with E-state index in [1.807, 2.05) is 11.4 Å². The summed E-state index contributed by atoms with van der Waals surface area (Å²) in [4.78, 5) is 24.5. The Kier molecular flexibility index (Phi) is 6.72. The molecule has 10 nitrogen and oxygen atoms in total. The number of halogens is 3. The van der Waals surface area contributed by atoms with Gasteiger partial charge in [0, 0.05) is 29.9 Å². The van der Waals surface area contributed by atoms with Crippen LogP contribution in [-0.2, 0) is 7.05 Å². The number of nitrogens with two attached hydrogens (primary N) is 1. The Morgan fingerprint density at radius 1 is 1.08 bits per heavy atom. The number of alkyl halides is 3. The van der Waals surface area contributed by atoms with Crippen molar-refractivity contribution in [3.8, 4) is 28.4 Å². The number of rotatable bonds is 7. The van der Waals surface area contributed by atoms with E-state index in [1.165, 1.54) is 23.9 Å². The number of nitrogen functional groups attached to an aromatic ring is 1. The highest BCUT2D eigenvalue weighted by Gasteiger charge is 2.27. The average Bonchev–Trinajstić information content (AvgIpc) is 3.22. The molecule has 2 aromatic carbocycles. The molecule has 0 bridgehead atoms. The number of methoxy groups -OCH3 is 1. The fourth-order valence-electron chi connectivity index (χ4n) is 3.28. The average molecular weight is 498 g/mol. The van der Waals surface area contributed by atoms with Gasteiger partial charge in [-0.1, -0.05) is 18.2 Å². The molecule has 0 spiro atoms. The number of ether oxygens (including phenoxy) is 1. The number of carbonyl (C=O) groups is 1.